The third-order valence-electron chi connectivity index (χ3n) is 5.61. The van der Waals surface area contributed by atoms with Crippen LogP contribution in [0.25, 0.3) is 0 Å². The lowest BCUT2D eigenvalue weighted by atomic mass is 10.1. The second-order valence-corrected chi connectivity index (χ2v) is 7.42. The van der Waals surface area contributed by atoms with Gasteiger partial charge in [0.25, 0.3) is 0 Å². The molecule has 1 aliphatic rings. The van der Waals surface area contributed by atoms with Gasteiger partial charge in [0.15, 0.2) is 5.96 Å². The van der Waals surface area contributed by atoms with Crippen LogP contribution in [0.15, 0.2) is 29.3 Å². The van der Waals surface area contributed by atoms with Crippen molar-refractivity contribution >= 4 is 35.6 Å². The zero-order chi connectivity index (χ0) is 20.1. The van der Waals surface area contributed by atoms with E-state index in [-0.39, 0.29) is 24.0 Å². The molecule has 1 aliphatic heterocycles. The maximum absolute atomic E-state index is 4.68. The number of piperazine rings is 1. The van der Waals surface area contributed by atoms with Crippen LogP contribution in [0.1, 0.15) is 36.4 Å². The predicted octanol–water partition coefficient (Wildman–Crippen LogP) is 3.37. The van der Waals surface area contributed by atoms with Gasteiger partial charge >= 0.3 is 0 Å². The van der Waals surface area contributed by atoms with Gasteiger partial charge < -0.3 is 15.1 Å². The highest BCUT2D eigenvalue weighted by molar-refractivity contribution is 14.0. The molecule has 29 heavy (non-hydrogen) atoms. The van der Waals surface area contributed by atoms with Crippen LogP contribution in [0.4, 0.5) is 5.69 Å². The molecule has 0 aliphatic carbocycles. The van der Waals surface area contributed by atoms with Crippen LogP contribution in [0.5, 0.6) is 0 Å². The van der Waals surface area contributed by atoms with Crippen LogP contribution < -0.4 is 10.2 Å². The van der Waals surface area contributed by atoms with Crippen molar-refractivity contribution in [3.05, 3.63) is 46.8 Å². The number of aryl methyl sites for hydroxylation is 3. The number of benzene rings is 1. The number of nitrogens with one attached hydrogen (secondary N) is 1. The lowest BCUT2D eigenvalue weighted by Gasteiger charge is -2.37. The van der Waals surface area contributed by atoms with Gasteiger partial charge in [-0.2, -0.15) is 5.10 Å². The Morgan fingerprint density at radius 3 is 2.45 bits per heavy atom. The lowest BCUT2D eigenvalue weighted by molar-refractivity contribution is 0.372. The average Bonchev–Trinajstić information content (AvgIpc) is 3.03. The summed E-state index contributed by atoms with van der Waals surface area (Å²) >= 11 is 0. The topological polar surface area (TPSA) is 48.7 Å². The normalized spacial score (nSPS) is 14.7. The van der Waals surface area contributed by atoms with Crippen LogP contribution in [0.3, 0.4) is 0 Å². The maximum atomic E-state index is 4.68. The molecule has 0 atom stereocenters. The van der Waals surface area contributed by atoms with E-state index in [4.69, 9.17) is 0 Å². The summed E-state index contributed by atoms with van der Waals surface area (Å²) in [7, 11) is 3.92. The molecule has 0 spiro atoms. The number of nitrogens with zero attached hydrogens (tertiary/aromatic N) is 5. The standard InChI is InChI=1S/C22H34N6.HI/c1-6-20-19(21(7-2)26(5)25-20)16-24-22(23-4)28-13-11-27(12-14-28)18-10-8-9-17(3)15-18;/h8-10,15H,6-7,11-14,16H2,1-5H3,(H,23,24);1H. The first-order valence-electron chi connectivity index (χ1n) is 10.4. The highest BCUT2D eigenvalue weighted by Crippen LogP contribution is 2.18. The van der Waals surface area contributed by atoms with Crippen LogP contribution >= 0.6 is 24.0 Å². The molecule has 1 N–H and O–H groups in total. The van der Waals surface area contributed by atoms with Crippen molar-refractivity contribution in [3.8, 4) is 0 Å². The third kappa shape index (κ3) is 5.43. The SMILES string of the molecule is CCc1nn(C)c(CC)c1CNC(=NC)N1CCN(c2cccc(C)c2)CC1.I. The van der Waals surface area contributed by atoms with E-state index in [0.29, 0.717) is 0 Å². The van der Waals surface area contributed by atoms with E-state index in [9.17, 15) is 0 Å². The Labute approximate surface area is 192 Å². The Morgan fingerprint density at radius 1 is 1.14 bits per heavy atom. The van der Waals surface area contributed by atoms with E-state index in [0.717, 1.165) is 51.5 Å². The third-order valence-corrected chi connectivity index (χ3v) is 5.61. The van der Waals surface area contributed by atoms with Gasteiger partial charge in [0.05, 0.1) is 5.69 Å². The predicted molar refractivity (Wildman–Crippen MR) is 133 cm³/mol. The van der Waals surface area contributed by atoms with Gasteiger partial charge in [0.1, 0.15) is 0 Å². The highest BCUT2D eigenvalue weighted by Gasteiger charge is 2.21. The molecule has 0 radical (unpaired) electrons. The number of anilines is 1. The fourth-order valence-corrected chi connectivity index (χ4v) is 4.09. The van der Waals surface area contributed by atoms with Crippen molar-refractivity contribution in [2.24, 2.45) is 12.0 Å². The minimum absolute atomic E-state index is 0. The molecular formula is C22H35IN6. The van der Waals surface area contributed by atoms with Gasteiger partial charge in [0.2, 0.25) is 0 Å². The van der Waals surface area contributed by atoms with Crippen molar-refractivity contribution in [1.29, 1.82) is 0 Å². The van der Waals surface area contributed by atoms with Crippen molar-refractivity contribution in [2.45, 2.75) is 40.2 Å². The molecule has 0 saturated carbocycles. The van der Waals surface area contributed by atoms with E-state index in [1.54, 1.807) is 0 Å². The van der Waals surface area contributed by atoms with Gasteiger partial charge in [-0.05, 0) is 37.5 Å². The van der Waals surface area contributed by atoms with Crippen LogP contribution in [0.2, 0.25) is 0 Å². The summed E-state index contributed by atoms with van der Waals surface area (Å²) in [4.78, 5) is 9.36. The van der Waals surface area contributed by atoms with E-state index in [2.05, 4.69) is 70.2 Å². The second kappa shape index (κ2) is 10.8. The largest absolute Gasteiger partial charge is 0.368 e. The molecule has 1 aromatic carbocycles. The molecule has 1 saturated heterocycles. The Hall–Kier alpha value is -1.77. The number of hydrogen-bond acceptors (Lipinski definition) is 3. The molecule has 0 amide bonds. The van der Waals surface area contributed by atoms with Gasteiger partial charge in [-0.15, -0.1) is 24.0 Å². The minimum Gasteiger partial charge on any atom is -0.368 e. The molecule has 1 aromatic heterocycles. The molecule has 2 heterocycles. The van der Waals surface area contributed by atoms with Gasteiger partial charge in [0, 0.05) is 63.8 Å². The number of guanidine groups is 1. The van der Waals surface area contributed by atoms with Crippen LogP contribution in [-0.2, 0) is 26.4 Å². The summed E-state index contributed by atoms with van der Waals surface area (Å²) < 4.78 is 2.03. The molecule has 0 bridgehead atoms. The highest BCUT2D eigenvalue weighted by atomic mass is 127. The number of hydrogen-bond donors (Lipinski definition) is 1. The van der Waals surface area contributed by atoms with E-state index in [1.165, 1.54) is 28.2 Å². The molecule has 7 heteroatoms. The van der Waals surface area contributed by atoms with Gasteiger partial charge in [-0.3, -0.25) is 9.67 Å². The van der Waals surface area contributed by atoms with Crippen molar-refractivity contribution in [3.63, 3.8) is 0 Å². The molecule has 6 nitrogen and oxygen atoms in total. The fourth-order valence-electron chi connectivity index (χ4n) is 4.09. The second-order valence-electron chi connectivity index (χ2n) is 7.42. The molecule has 160 valence electrons. The zero-order valence-corrected chi connectivity index (χ0v) is 20.7. The molecule has 1 fully saturated rings. The van der Waals surface area contributed by atoms with Gasteiger partial charge in [-0.25, -0.2) is 0 Å². The molecule has 0 unspecified atom stereocenters. The fraction of sp³-hybridized carbons (Fsp3) is 0.545. The van der Waals surface area contributed by atoms with E-state index in [1.807, 2.05) is 18.8 Å². The quantitative estimate of drug-likeness (QED) is 0.381. The first-order valence-corrected chi connectivity index (χ1v) is 10.4. The first kappa shape index (κ1) is 23.5. The Morgan fingerprint density at radius 2 is 1.86 bits per heavy atom. The molecule has 3 rings (SSSR count). The summed E-state index contributed by atoms with van der Waals surface area (Å²) in [6.45, 7) is 11.3. The first-order chi connectivity index (χ1) is 13.6. The summed E-state index contributed by atoms with van der Waals surface area (Å²) in [6, 6.07) is 8.77. The van der Waals surface area contributed by atoms with Gasteiger partial charge in [-0.1, -0.05) is 26.0 Å². The lowest BCUT2D eigenvalue weighted by Crippen LogP contribution is -2.52. The number of rotatable bonds is 5. The Balaban J connectivity index is 0.00000300. The summed E-state index contributed by atoms with van der Waals surface area (Å²) in [5, 5.41) is 8.27. The van der Waals surface area contributed by atoms with E-state index < -0.39 is 0 Å². The van der Waals surface area contributed by atoms with Crippen LogP contribution in [0, 0.1) is 6.92 Å². The molecule has 2 aromatic rings. The van der Waals surface area contributed by atoms with Crippen molar-refractivity contribution in [2.75, 3.05) is 38.1 Å². The Kier molecular flexibility index (Phi) is 8.79. The smallest absolute Gasteiger partial charge is 0.194 e. The average molecular weight is 510 g/mol. The molecular weight excluding hydrogens is 475 g/mol. The number of halogens is 1. The summed E-state index contributed by atoms with van der Waals surface area (Å²) in [6.07, 6.45) is 1.95. The summed E-state index contributed by atoms with van der Waals surface area (Å²) in [5.41, 5.74) is 6.45. The maximum Gasteiger partial charge on any atom is 0.194 e. The number of aromatic nitrogens is 2. The minimum atomic E-state index is 0. The van der Waals surface area contributed by atoms with Crippen molar-refractivity contribution in [1.82, 2.24) is 20.0 Å². The number of aliphatic imine (C=N–C) groups is 1. The zero-order valence-electron chi connectivity index (χ0n) is 18.4. The van der Waals surface area contributed by atoms with Crippen molar-refractivity contribution < 1.29 is 0 Å². The Bertz CT molecular complexity index is 821. The van der Waals surface area contributed by atoms with Crippen LogP contribution in [-0.4, -0.2) is 53.9 Å². The summed E-state index contributed by atoms with van der Waals surface area (Å²) in [5.74, 6) is 0.983. The van der Waals surface area contributed by atoms with E-state index >= 15 is 0 Å². The monoisotopic (exact) mass is 510 g/mol.